The predicted octanol–water partition coefficient (Wildman–Crippen LogP) is 16.4. The van der Waals surface area contributed by atoms with Crippen LogP contribution in [0.4, 0.5) is 0 Å². The number of rotatable bonds is 11. The topological polar surface area (TPSA) is 18.5 Å². The number of hydrogen-bond donors (Lipinski definition) is 0. The maximum Gasteiger partial charge on any atom is 0.121 e. The Labute approximate surface area is 380 Å². The summed E-state index contributed by atoms with van der Waals surface area (Å²) in [7, 11) is 0. The van der Waals surface area contributed by atoms with Gasteiger partial charge in [-0.15, -0.1) is 0 Å². The maximum absolute atomic E-state index is 6.45. The first kappa shape index (κ1) is 50.0. The third-order valence-corrected chi connectivity index (χ3v) is 12.5. The molecule has 2 nitrogen and oxygen atoms in total. The van der Waals surface area contributed by atoms with E-state index in [0.29, 0.717) is 23.7 Å². The molecule has 4 unspecified atom stereocenters. The standard InChI is InChI=1S/C43H52O2.2C7H8.C2H6.H3P/c1-31-24-25-35(17-12-16-34-14-6-4-7-15-34)27-41(31)42-28-36(33(3)45-40-22-8-5-9-23-40)20-13-21-38(42)26-32(2)43-29-37-18-10-11-19-39(37)30-44-43;2*1-7-5-3-2-4-6-7;1-2;/h4-9,14-15,20-23,27-29,31,33,37,39,41H,2,10-13,16-19,24-26,30H2,1,3H3;2*2-6H,1H3;1-2H3;1H3/t31-,33?,37-,39?,41?;;;;/m0..../s1. The Morgan fingerprint density at radius 1 is 0.742 bits per heavy atom. The summed E-state index contributed by atoms with van der Waals surface area (Å²) in [6.45, 7) is 18.3. The molecule has 0 aromatic heterocycles. The summed E-state index contributed by atoms with van der Waals surface area (Å²) in [5.74, 6) is 4.28. The van der Waals surface area contributed by atoms with Crippen LogP contribution in [0.15, 0.2) is 192 Å². The van der Waals surface area contributed by atoms with Gasteiger partial charge in [-0.2, -0.15) is 9.90 Å². The van der Waals surface area contributed by atoms with Crippen LogP contribution in [0.1, 0.15) is 109 Å². The fourth-order valence-corrected chi connectivity index (χ4v) is 8.90. The van der Waals surface area contributed by atoms with E-state index >= 15 is 0 Å². The fourth-order valence-electron chi connectivity index (χ4n) is 8.90. The first-order chi connectivity index (χ1) is 29.8. The van der Waals surface area contributed by atoms with Crippen molar-refractivity contribution in [2.24, 2.45) is 23.7 Å². The molecule has 0 saturated heterocycles. The molecule has 62 heavy (non-hydrogen) atoms. The van der Waals surface area contributed by atoms with Crippen LogP contribution >= 0.6 is 9.90 Å². The minimum Gasteiger partial charge on any atom is -0.493 e. The summed E-state index contributed by atoms with van der Waals surface area (Å²) in [6, 6.07) is 41.7. The van der Waals surface area contributed by atoms with E-state index in [4.69, 9.17) is 9.47 Å². The Balaban J connectivity index is 0.000000418. The molecule has 330 valence electrons. The Bertz CT molecular complexity index is 2000. The van der Waals surface area contributed by atoms with Crippen molar-refractivity contribution in [1.82, 2.24) is 0 Å². The van der Waals surface area contributed by atoms with Crippen molar-refractivity contribution in [1.29, 1.82) is 0 Å². The molecule has 4 aliphatic rings. The molecule has 3 heteroatoms. The molecule has 4 aromatic carbocycles. The normalized spacial score (nSPS) is 20.6. The van der Waals surface area contributed by atoms with E-state index in [0.717, 1.165) is 43.0 Å². The van der Waals surface area contributed by atoms with Crippen molar-refractivity contribution in [2.75, 3.05) is 6.61 Å². The number of hydrogen-bond acceptors (Lipinski definition) is 2. The fraction of sp³-hybridized carbons (Fsp3) is 0.390. The molecule has 1 aliphatic heterocycles. The molecule has 0 N–H and O–H groups in total. The van der Waals surface area contributed by atoms with E-state index in [-0.39, 0.29) is 16.0 Å². The summed E-state index contributed by atoms with van der Waals surface area (Å²) in [4.78, 5) is 0. The zero-order valence-electron chi connectivity index (χ0n) is 39.0. The highest BCUT2D eigenvalue weighted by atomic mass is 31.0. The molecule has 0 amide bonds. The minimum atomic E-state index is -0.0285. The van der Waals surface area contributed by atoms with Crippen LogP contribution in [0, 0.1) is 37.5 Å². The largest absolute Gasteiger partial charge is 0.493 e. The molecule has 6 atom stereocenters. The summed E-state index contributed by atoms with van der Waals surface area (Å²) in [6.07, 6.45) is 25.3. The van der Waals surface area contributed by atoms with E-state index in [1.807, 2.05) is 68.4 Å². The van der Waals surface area contributed by atoms with Gasteiger partial charge in [-0.1, -0.05) is 190 Å². The number of benzene rings is 4. The average Bonchev–Trinajstić information content (AvgIpc) is 3.51. The highest BCUT2D eigenvalue weighted by Gasteiger charge is 2.31. The van der Waals surface area contributed by atoms with Crippen LogP contribution in [0.5, 0.6) is 5.75 Å². The van der Waals surface area contributed by atoms with Crippen LogP contribution in [0.2, 0.25) is 0 Å². The Morgan fingerprint density at radius 3 is 1.95 bits per heavy atom. The van der Waals surface area contributed by atoms with Gasteiger partial charge in [0.2, 0.25) is 0 Å². The zero-order chi connectivity index (χ0) is 43.2. The first-order valence-electron chi connectivity index (χ1n) is 23.4. The Hall–Kier alpha value is -4.65. The summed E-state index contributed by atoms with van der Waals surface area (Å²) < 4.78 is 12.8. The van der Waals surface area contributed by atoms with E-state index < -0.39 is 0 Å². The van der Waals surface area contributed by atoms with Gasteiger partial charge in [-0.3, -0.25) is 0 Å². The van der Waals surface area contributed by atoms with E-state index in [1.54, 1.807) is 5.57 Å². The molecular weight excluding hydrogens is 772 g/mol. The van der Waals surface area contributed by atoms with Gasteiger partial charge >= 0.3 is 0 Å². The number of ether oxygens (including phenoxy) is 2. The predicted molar refractivity (Wildman–Crippen MR) is 273 cm³/mol. The Morgan fingerprint density at radius 2 is 1.34 bits per heavy atom. The van der Waals surface area contributed by atoms with E-state index in [2.05, 4.69) is 131 Å². The SMILES string of the molecule is C=C(CC1=CCC=C(C(C)Oc2ccccc2)C=C1C1C=C(CCCc2ccccc2)CC[C@@H]1C)C1=C[C@@H]2CCCCC2CO1.CC.Cc1ccccc1.Cc1ccccc1.P. The second kappa shape index (κ2) is 27.4. The molecule has 1 saturated carbocycles. The van der Waals surface area contributed by atoms with Crippen molar-refractivity contribution in [3.63, 3.8) is 0 Å². The second-order valence-electron chi connectivity index (χ2n) is 17.2. The molecule has 0 radical (unpaired) electrons. The number of aryl methyl sites for hydroxylation is 3. The van der Waals surface area contributed by atoms with Crippen molar-refractivity contribution >= 4 is 9.90 Å². The highest BCUT2D eigenvalue weighted by molar-refractivity contribution is 6.92. The van der Waals surface area contributed by atoms with Gasteiger partial charge in [0.25, 0.3) is 0 Å². The van der Waals surface area contributed by atoms with Crippen molar-refractivity contribution in [3.05, 3.63) is 209 Å². The smallest absolute Gasteiger partial charge is 0.121 e. The van der Waals surface area contributed by atoms with Crippen LogP contribution in [-0.4, -0.2) is 12.7 Å². The lowest BCUT2D eigenvalue weighted by Gasteiger charge is -2.35. The van der Waals surface area contributed by atoms with Crippen molar-refractivity contribution in [3.8, 4) is 5.75 Å². The number of para-hydroxylation sites is 1. The third kappa shape index (κ3) is 16.2. The third-order valence-electron chi connectivity index (χ3n) is 12.5. The van der Waals surface area contributed by atoms with Gasteiger partial charge in [0.05, 0.1) is 6.61 Å². The minimum absolute atomic E-state index is 0. The van der Waals surface area contributed by atoms with Crippen LogP contribution < -0.4 is 4.74 Å². The molecule has 0 bridgehead atoms. The molecule has 1 fully saturated rings. The number of allylic oxidation sites excluding steroid dienone is 8. The number of fused-ring (bicyclic) bond motifs is 1. The van der Waals surface area contributed by atoms with Gasteiger partial charge in [0.15, 0.2) is 0 Å². The lowest BCUT2D eigenvalue weighted by atomic mass is 9.73. The summed E-state index contributed by atoms with van der Waals surface area (Å²) in [5, 5.41) is 0. The average molecular weight is 849 g/mol. The van der Waals surface area contributed by atoms with Crippen LogP contribution in [-0.2, 0) is 11.2 Å². The summed E-state index contributed by atoms with van der Waals surface area (Å²) >= 11 is 0. The summed E-state index contributed by atoms with van der Waals surface area (Å²) in [5.41, 5.74) is 11.0. The lowest BCUT2D eigenvalue weighted by Crippen LogP contribution is -2.27. The molecule has 0 spiro atoms. The van der Waals surface area contributed by atoms with Crippen molar-refractivity contribution in [2.45, 2.75) is 118 Å². The quantitative estimate of drug-likeness (QED) is 0.111. The zero-order valence-corrected chi connectivity index (χ0v) is 40.5. The van der Waals surface area contributed by atoms with Crippen molar-refractivity contribution < 1.29 is 9.47 Å². The first-order valence-corrected chi connectivity index (χ1v) is 23.4. The monoisotopic (exact) mass is 849 g/mol. The maximum atomic E-state index is 6.45. The van der Waals surface area contributed by atoms with Gasteiger partial charge in [0.1, 0.15) is 17.6 Å². The van der Waals surface area contributed by atoms with Gasteiger partial charge in [-0.05, 0) is 136 Å². The van der Waals surface area contributed by atoms with Crippen LogP contribution in [0.25, 0.3) is 0 Å². The second-order valence-corrected chi connectivity index (χ2v) is 17.2. The van der Waals surface area contributed by atoms with E-state index in [1.165, 1.54) is 84.8 Å². The van der Waals surface area contributed by atoms with Gasteiger partial charge in [-0.25, -0.2) is 0 Å². The van der Waals surface area contributed by atoms with E-state index in [9.17, 15) is 0 Å². The molecule has 3 aliphatic carbocycles. The highest BCUT2D eigenvalue weighted by Crippen LogP contribution is 2.43. The molecule has 8 rings (SSSR count). The van der Waals surface area contributed by atoms with Gasteiger partial charge < -0.3 is 9.47 Å². The Kier molecular flexibility index (Phi) is 22.1. The lowest BCUT2D eigenvalue weighted by molar-refractivity contribution is 0.0966. The van der Waals surface area contributed by atoms with Gasteiger partial charge in [0, 0.05) is 12.3 Å². The van der Waals surface area contributed by atoms with Crippen LogP contribution in [0.3, 0.4) is 0 Å². The molecule has 1 heterocycles. The molecule has 4 aromatic rings. The molecular formula is C59H77O2P.